The summed E-state index contributed by atoms with van der Waals surface area (Å²) < 4.78 is 6.23. The van der Waals surface area contributed by atoms with Gasteiger partial charge in [0, 0.05) is 11.8 Å². The predicted molar refractivity (Wildman–Crippen MR) is 46.6 cm³/mol. The van der Waals surface area contributed by atoms with Crippen molar-refractivity contribution in [1.29, 1.82) is 0 Å². The molecule has 0 aliphatic carbocycles. The van der Waals surface area contributed by atoms with Gasteiger partial charge in [-0.3, -0.25) is 0 Å². The van der Waals surface area contributed by atoms with E-state index in [-0.39, 0.29) is 5.97 Å². The minimum atomic E-state index is -0.365. The molecule has 1 heterocycles. The number of esters is 1. The third-order valence-corrected chi connectivity index (χ3v) is 1.39. The number of aromatic nitrogens is 3. The lowest BCUT2D eigenvalue weighted by Crippen LogP contribution is -2.03. The second-order valence-electron chi connectivity index (χ2n) is 2.38. The number of nitrogens with zero attached hydrogens (tertiary/aromatic N) is 3. The Morgan fingerprint density at radius 3 is 3.00 bits per heavy atom. The van der Waals surface area contributed by atoms with Crippen molar-refractivity contribution in [2.24, 2.45) is 0 Å². The van der Waals surface area contributed by atoms with Gasteiger partial charge in [-0.2, -0.15) is 5.10 Å². The van der Waals surface area contributed by atoms with Crippen LogP contribution in [0.5, 0.6) is 0 Å². The van der Waals surface area contributed by atoms with Gasteiger partial charge in [0.15, 0.2) is 0 Å². The van der Waals surface area contributed by atoms with E-state index >= 15 is 0 Å². The van der Waals surface area contributed by atoms with Gasteiger partial charge in [-0.1, -0.05) is 0 Å². The van der Waals surface area contributed by atoms with Crippen molar-refractivity contribution in [3.05, 3.63) is 18.7 Å². The summed E-state index contributed by atoms with van der Waals surface area (Å²) in [6, 6.07) is 0. The van der Waals surface area contributed by atoms with E-state index in [1.165, 1.54) is 23.4 Å². The molecule has 1 aromatic heterocycles. The third-order valence-electron chi connectivity index (χ3n) is 1.39. The fraction of sp³-hybridized carbons (Fsp3) is 0.375. The zero-order valence-corrected chi connectivity index (χ0v) is 7.60. The Hall–Kier alpha value is -1.65. The largest absolute Gasteiger partial charge is 0.463 e. The van der Waals surface area contributed by atoms with Crippen LogP contribution in [0.25, 0.3) is 5.70 Å². The molecular formula is C8H11N3O2. The molecule has 5 nitrogen and oxygen atoms in total. The Kier molecular flexibility index (Phi) is 3.19. The van der Waals surface area contributed by atoms with E-state index in [0.717, 1.165) is 0 Å². The van der Waals surface area contributed by atoms with E-state index in [4.69, 9.17) is 4.74 Å². The van der Waals surface area contributed by atoms with Gasteiger partial charge in [-0.25, -0.2) is 14.5 Å². The molecule has 0 aliphatic rings. The molecule has 1 rings (SSSR count). The first-order chi connectivity index (χ1) is 6.24. The molecule has 0 aliphatic heterocycles. The fourth-order valence-electron chi connectivity index (χ4n) is 0.811. The quantitative estimate of drug-likeness (QED) is 0.508. The predicted octanol–water partition coefficient (Wildman–Crippen LogP) is 0.702. The summed E-state index contributed by atoms with van der Waals surface area (Å²) in [6.45, 7) is 3.89. The summed E-state index contributed by atoms with van der Waals surface area (Å²) in [5.74, 6) is -0.365. The first-order valence-corrected chi connectivity index (χ1v) is 3.94. The van der Waals surface area contributed by atoms with E-state index < -0.39 is 0 Å². The smallest absolute Gasteiger partial charge is 0.332 e. The molecule has 0 aromatic carbocycles. The highest BCUT2D eigenvalue weighted by molar-refractivity contribution is 5.87. The van der Waals surface area contributed by atoms with Crippen molar-refractivity contribution in [3.8, 4) is 0 Å². The van der Waals surface area contributed by atoms with Gasteiger partial charge in [0.05, 0.1) is 6.61 Å². The Bertz CT molecular complexity index is 303. The SMILES string of the molecule is CCOC(=O)C=C(C)n1cncn1. The first kappa shape index (κ1) is 9.44. The van der Waals surface area contributed by atoms with E-state index in [2.05, 4.69) is 10.1 Å². The molecule has 0 radical (unpaired) electrons. The van der Waals surface area contributed by atoms with Crippen LogP contribution in [-0.4, -0.2) is 27.3 Å². The van der Waals surface area contributed by atoms with Crippen molar-refractivity contribution in [1.82, 2.24) is 14.8 Å². The van der Waals surface area contributed by atoms with E-state index in [1.807, 2.05) is 0 Å². The Labute approximate surface area is 76.0 Å². The van der Waals surface area contributed by atoms with Gasteiger partial charge in [0.2, 0.25) is 0 Å². The number of carbonyl (C=O) groups is 1. The molecule has 0 N–H and O–H groups in total. The van der Waals surface area contributed by atoms with Crippen LogP contribution in [0.3, 0.4) is 0 Å². The van der Waals surface area contributed by atoms with Gasteiger partial charge in [-0.05, 0) is 13.8 Å². The van der Waals surface area contributed by atoms with Gasteiger partial charge in [0.1, 0.15) is 12.7 Å². The normalized spacial score (nSPS) is 11.4. The molecule has 0 fully saturated rings. The van der Waals surface area contributed by atoms with Crippen molar-refractivity contribution in [2.45, 2.75) is 13.8 Å². The molecule has 0 unspecified atom stereocenters. The summed E-state index contributed by atoms with van der Waals surface area (Å²) in [5, 5.41) is 3.86. The lowest BCUT2D eigenvalue weighted by Gasteiger charge is -1.99. The van der Waals surface area contributed by atoms with Crippen LogP contribution in [0.15, 0.2) is 18.7 Å². The Balaban J connectivity index is 2.67. The minimum Gasteiger partial charge on any atom is -0.463 e. The van der Waals surface area contributed by atoms with Gasteiger partial charge < -0.3 is 4.74 Å². The molecule has 13 heavy (non-hydrogen) atoms. The topological polar surface area (TPSA) is 57.0 Å². The highest BCUT2D eigenvalue weighted by atomic mass is 16.5. The van der Waals surface area contributed by atoms with E-state index in [1.54, 1.807) is 13.8 Å². The molecule has 0 atom stereocenters. The summed E-state index contributed by atoms with van der Waals surface area (Å²) in [5.41, 5.74) is 0.677. The lowest BCUT2D eigenvalue weighted by atomic mass is 10.4. The van der Waals surface area contributed by atoms with Crippen molar-refractivity contribution < 1.29 is 9.53 Å². The summed E-state index contributed by atoms with van der Waals surface area (Å²) in [6.07, 6.45) is 4.30. The van der Waals surface area contributed by atoms with Crippen molar-refractivity contribution >= 4 is 11.7 Å². The molecule has 0 amide bonds. The number of ether oxygens (including phenoxy) is 1. The second kappa shape index (κ2) is 4.39. The fourth-order valence-corrected chi connectivity index (χ4v) is 0.811. The number of hydrogen-bond donors (Lipinski definition) is 0. The molecule has 1 aromatic rings. The van der Waals surface area contributed by atoms with Crippen LogP contribution in [0.2, 0.25) is 0 Å². The van der Waals surface area contributed by atoms with Crippen LogP contribution in [0.4, 0.5) is 0 Å². The second-order valence-corrected chi connectivity index (χ2v) is 2.38. The number of hydrogen-bond acceptors (Lipinski definition) is 4. The van der Waals surface area contributed by atoms with E-state index in [0.29, 0.717) is 12.3 Å². The first-order valence-electron chi connectivity index (χ1n) is 3.94. The zero-order chi connectivity index (χ0) is 9.68. The maximum Gasteiger partial charge on any atom is 0.332 e. The standard InChI is InChI=1S/C8H11N3O2/c1-3-13-8(12)4-7(2)11-6-9-5-10-11/h4-6H,3H2,1-2H3. The maximum absolute atomic E-state index is 11.0. The van der Waals surface area contributed by atoms with Crippen LogP contribution >= 0.6 is 0 Å². The number of carbonyl (C=O) groups excluding carboxylic acids is 1. The van der Waals surface area contributed by atoms with Crippen LogP contribution in [0, 0.1) is 0 Å². The molecular weight excluding hydrogens is 170 g/mol. The van der Waals surface area contributed by atoms with Crippen LogP contribution < -0.4 is 0 Å². The average Bonchev–Trinajstić information content (AvgIpc) is 2.55. The van der Waals surface area contributed by atoms with Gasteiger partial charge in [0.25, 0.3) is 0 Å². The Morgan fingerprint density at radius 2 is 2.46 bits per heavy atom. The summed E-state index contributed by atoms with van der Waals surface area (Å²) in [7, 11) is 0. The highest BCUT2D eigenvalue weighted by Crippen LogP contribution is 1.99. The lowest BCUT2D eigenvalue weighted by molar-refractivity contribution is -0.137. The van der Waals surface area contributed by atoms with Crippen molar-refractivity contribution in [2.75, 3.05) is 6.61 Å². The average molecular weight is 181 g/mol. The van der Waals surface area contributed by atoms with Crippen molar-refractivity contribution in [3.63, 3.8) is 0 Å². The van der Waals surface area contributed by atoms with Crippen LogP contribution in [-0.2, 0) is 9.53 Å². The maximum atomic E-state index is 11.0. The zero-order valence-electron chi connectivity index (χ0n) is 7.60. The summed E-state index contributed by atoms with van der Waals surface area (Å²) >= 11 is 0. The molecule has 5 heteroatoms. The molecule has 70 valence electrons. The monoisotopic (exact) mass is 181 g/mol. The van der Waals surface area contributed by atoms with Gasteiger partial charge >= 0.3 is 5.97 Å². The minimum absolute atomic E-state index is 0.365. The third kappa shape index (κ3) is 2.70. The molecule has 0 spiro atoms. The highest BCUT2D eigenvalue weighted by Gasteiger charge is 1.99. The number of allylic oxidation sites excluding steroid dienone is 1. The van der Waals surface area contributed by atoms with Crippen LogP contribution in [0.1, 0.15) is 13.8 Å². The molecule has 0 saturated heterocycles. The number of rotatable bonds is 3. The van der Waals surface area contributed by atoms with E-state index in [9.17, 15) is 4.79 Å². The van der Waals surface area contributed by atoms with Gasteiger partial charge in [-0.15, -0.1) is 0 Å². The molecule has 0 bridgehead atoms. The summed E-state index contributed by atoms with van der Waals surface area (Å²) in [4.78, 5) is 14.7. The molecule has 0 saturated carbocycles. The Morgan fingerprint density at radius 1 is 1.69 bits per heavy atom.